The minimum Gasteiger partial charge on any atom is -0.467 e. The van der Waals surface area contributed by atoms with E-state index in [9.17, 15) is 26.3 Å². The molecule has 0 aliphatic carbocycles. The molecule has 0 radical (unpaired) electrons. The fourth-order valence-electron chi connectivity index (χ4n) is 3.14. The van der Waals surface area contributed by atoms with Gasteiger partial charge in [-0.2, -0.15) is 26.3 Å². The zero-order valence-corrected chi connectivity index (χ0v) is 13.5. The van der Waals surface area contributed by atoms with Crippen molar-refractivity contribution in [3.8, 4) is 0 Å². The monoisotopic (exact) mass is 378 g/mol. The van der Waals surface area contributed by atoms with Gasteiger partial charge in [0.1, 0.15) is 5.76 Å². The smallest absolute Gasteiger partial charge is 0.416 e. The molecule has 1 atom stereocenters. The summed E-state index contributed by atoms with van der Waals surface area (Å²) in [5.74, 6) is 0.178. The van der Waals surface area contributed by atoms with E-state index in [0.717, 1.165) is 0 Å². The molecule has 1 aliphatic heterocycles. The first-order chi connectivity index (χ1) is 12.2. The summed E-state index contributed by atoms with van der Waals surface area (Å²) in [5.41, 5.74) is -2.67. The lowest BCUT2D eigenvalue weighted by Crippen LogP contribution is -2.45. The number of nitrogens with one attached hydrogen (secondary N) is 1. The van der Waals surface area contributed by atoms with Crippen LogP contribution in [-0.2, 0) is 12.4 Å². The Morgan fingerprint density at radius 1 is 0.962 bits per heavy atom. The first-order valence-electron chi connectivity index (χ1n) is 7.94. The van der Waals surface area contributed by atoms with Gasteiger partial charge < -0.3 is 9.73 Å². The van der Waals surface area contributed by atoms with Gasteiger partial charge in [-0.15, -0.1) is 0 Å². The molecule has 1 aliphatic rings. The second-order valence-electron chi connectivity index (χ2n) is 6.00. The third-order valence-electron chi connectivity index (χ3n) is 4.31. The van der Waals surface area contributed by atoms with Crippen LogP contribution in [-0.4, -0.2) is 31.1 Å². The van der Waals surface area contributed by atoms with Crippen LogP contribution in [0.4, 0.5) is 26.3 Å². The van der Waals surface area contributed by atoms with Crippen LogP contribution in [0.1, 0.15) is 28.5 Å². The van der Waals surface area contributed by atoms with Crippen molar-refractivity contribution in [3.63, 3.8) is 0 Å². The molecular formula is C17H16F6N2O. The van der Waals surface area contributed by atoms with Crippen molar-refractivity contribution >= 4 is 0 Å². The van der Waals surface area contributed by atoms with Crippen molar-refractivity contribution in [2.45, 2.75) is 18.4 Å². The highest BCUT2D eigenvalue weighted by Crippen LogP contribution is 2.42. The van der Waals surface area contributed by atoms with Gasteiger partial charge in [-0.3, -0.25) is 4.90 Å². The van der Waals surface area contributed by atoms with Crippen LogP contribution in [0.2, 0.25) is 0 Å². The number of hydrogen-bond acceptors (Lipinski definition) is 3. The van der Waals surface area contributed by atoms with E-state index >= 15 is 0 Å². The lowest BCUT2D eigenvalue weighted by atomic mass is 9.93. The van der Waals surface area contributed by atoms with Gasteiger partial charge in [-0.25, -0.2) is 0 Å². The Balaban J connectivity index is 2.17. The molecule has 9 heteroatoms. The second-order valence-corrected chi connectivity index (χ2v) is 6.00. The highest BCUT2D eigenvalue weighted by Gasteiger charge is 2.40. The Morgan fingerprint density at radius 3 is 2.19 bits per heavy atom. The van der Waals surface area contributed by atoms with Gasteiger partial charge >= 0.3 is 12.4 Å². The van der Waals surface area contributed by atoms with E-state index in [0.29, 0.717) is 44.4 Å². The molecule has 1 aromatic carbocycles. The van der Waals surface area contributed by atoms with Crippen LogP contribution in [0.5, 0.6) is 0 Å². The van der Waals surface area contributed by atoms with Crippen molar-refractivity contribution in [1.82, 2.24) is 10.2 Å². The van der Waals surface area contributed by atoms with E-state index in [1.54, 1.807) is 4.90 Å². The third-order valence-corrected chi connectivity index (χ3v) is 4.31. The number of nitrogens with zero attached hydrogens (tertiary/aromatic N) is 1. The molecule has 1 saturated heterocycles. The Kier molecular flexibility index (Phi) is 5.03. The molecule has 142 valence electrons. The lowest BCUT2D eigenvalue weighted by molar-refractivity contribution is -0.142. The van der Waals surface area contributed by atoms with Crippen LogP contribution in [0.3, 0.4) is 0 Å². The molecule has 0 unspecified atom stereocenters. The molecule has 0 amide bonds. The van der Waals surface area contributed by atoms with E-state index < -0.39 is 35.1 Å². The van der Waals surface area contributed by atoms with Crippen LogP contribution >= 0.6 is 0 Å². The normalized spacial score (nSPS) is 18.1. The maximum absolute atomic E-state index is 13.5. The Labute approximate surface area is 145 Å². The third kappa shape index (κ3) is 3.88. The van der Waals surface area contributed by atoms with Gasteiger partial charge in [0.25, 0.3) is 0 Å². The number of halogens is 6. The minimum absolute atomic E-state index is 0.178. The Bertz CT molecular complexity index is 733. The Hall–Kier alpha value is -2.00. The zero-order chi connectivity index (χ0) is 18.9. The van der Waals surface area contributed by atoms with E-state index in [1.165, 1.54) is 18.4 Å². The van der Waals surface area contributed by atoms with Crippen molar-refractivity contribution in [1.29, 1.82) is 0 Å². The molecular weight excluding hydrogens is 362 g/mol. The molecule has 0 bridgehead atoms. The molecule has 3 nitrogen and oxygen atoms in total. The van der Waals surface area contributed by atoms with Gasteiger partial charge in [-0.1, -0.05) is 0 Å². The lowest BCUT2D eigenvalue weighted by Gasteiger charge is -2.35. The quantitative estimate of drug-likeness (QED) is 0.807. The summed E-state index contributed by atoms with van der Waals surface area (Å²) in [7, 11) is 0. The molecule has 1 N–H and O–H groups in total. The summed E-state index contributed by atoms with van der Waals surface area (Å²) in [6.07, 6.45) is -8.22. The van der Waals surface area contributed by atoms with Gasteiger partial charge in [0.2, 0.25) is 0 Å². The van der Waals surface area contributed by atoms with Gasteiger partial charge in [0, 0.05) is 26.2 Å². The van der Waals surface area contributed by atoms with Crippen LogP contribution < -0.4 is 5.32 Å². The van der Waals surface area contributed by atoms with Gasteiger partial charge in [0.05, 0.1) is 23.4 Å². The first-order valence-corrected chi connectivity index (χ1v) is 7.94. The summed E-state index contributed by atoms with van der Waals surface area (Å²) < 4.78 is 85.1. The zero-order valence-electron chi connectivity index (χ0n) is 13.5. The minimum atomic E-state index is -4.78. The predicted octanol–water partition coefficient (Wildman–Crippen LogP) is 4.31. The molecule has 2 aromatic rings. The van der Waals surface area contributed by atoms with Crippen molar-refractivity contribution in [2.75, 3.05) is 26.2 Å². The van der Waals surface area contributed by atoms with Gasteiger partial charge in [-0.05, 0) is 35.9 Å². The van der Waals surface area contributed by atoms with E-state index in [-0.39, 0.29) is 5.76 Å². The van der Waals surface area contributed by atoms with Gasteiger partial charge in [0.15, 0.2) is 0 Å². The SMILES string of the molecule is FC(F)(F)c1ccc(C(F)(F)F)c([C@H](c2ccco2)N2CCNCC2)c1. The summed E-state index contributed by atoms with van der Waals surface area (Å²) in [6.45, 7) is 1.83. The molecule has 1 aromatic heterocycles. The number of piperazine rings is 1. The second kappa shape index (κ2) is 6.96. The average molecular weight is 378 g/mol. The number of furan rings is 1. The highest BCUT2D eigenvalue weighted by atomic mass is 19.4. The first kappa shape index (κ1) is 18.8. The number of alkyl halides is 6. The summed E-state index contributed by atoms with van der Waals surface area (Å²) in [5, 5.41) is 3.07. The maximum atomic E-state index is 13.5. The predicted molar refractivity (Wildman–Crippen MR) is 81.4 cm³/mol. The van der Waals surface area contributed by atoms with Crippen LogP contribution in [0.15, 0.2) is 41.0 Å². The maximum Gasteiger partial charge on any atom is 0.416 e. The summed E-state index contributed by atoms with van der Waals surface area (Å²) in [4.78, 5) is 1.69. The van der Waals surface area contributed by atoms with Crippen LogP contribution in [0, 0.1) is 0 Å². The number of hydrogen-bond donors (Lipinski definition) is 1. The van der Waals surface area contributed by atoms with Crippen molar-refractivity contribution in [2.24, 2.45) is 0 Å². The molecule has 1 fully saturated rings. The Morgan fingerprint density at radius 2 is 1.65 bits per heavy atom. The highest BCUT2D eigenvalue weighted by molar-refractivity contribution is 5.40. The fourth-order valence-corrected chi connectivity index (χ4v) is 3.14. The molecule has 26 heavy (non-hydrogen) atoms. The largest absolute Gasteiger partial charge is 0.467 e. The summed E-state index contributed by atoms with van der Waals surface area (Å²) >= 11 is 0. The number of benzene rings is 1. The van der Waals surface area contributed by atoms with E-state index in [4.69, 9.17) is 4.42 Å². The fraction of sp³-hybridized carbons (Fsp3) is 0.412. The van der Waals surface area contributed by atoms with E-state index in [2.05, 4.69) is 5.32 Å². The molecule has 3 rings (SSSR count). The standard InChI is InChI=1S/C17H16F6N2O/c18-16(19,20)11-3-4-13(17(21,22)23)12(10-11)15(14-2-1-9-26-14)25-7-5-24-6-8-25/h1-4,9-10,15,24H,5-8H2/t15-/m1/s1. The van der Waals surface area contributed by atoms with Crippen molar-refractivity contribution in [3.05, 3.63) is 59.0 Å². The number of rotatable bonds is 3. The molecule has 2 heterocycles. The van der Waals surface area contributed by atoms with Crippen molar-refractivity contribution < 1.29 is 30.8 Å². The average Bonchev–Trinajstić information content (AvgIpc) is 3.08. The topological polar surface area (TPSA) is 28.4 Å². The summed E-state index contributed by atoms with van der Waals surface area (Å²) in [6, 6.07) is 3.47. The van der Waals surface area contributed by atoms with Crippen LogP contribution in [0.25, 0.3) is 0 Å². The molecule has 0 saturated carbocycles. The van der Waals surface area contributed by atoms with E-state index in [1.807, 2.05) is 0 Å². The molecule has 0 spiro atoms.